The Hall–Kier alpha value is -1.22. The van der Waals surface area contributed by atoms with Crippen LogP contribution in [0, 0.1) is 16.0 Å². The molecule has 2 N–H and O–H groups in total. The monoisotopic (exact) mass is 335 g/mol. The molecule has 0 saturated carbocycles. The molecule has 0 radical (unpaired) electrons. The molecule has 1 aromatic carbocycles. The van der Waals surface area contributed by atoms with E-state index in [-0.39, 0.29) is 35.8 Å². The van der Waals surface area contributed by atoms with Gasteiger partial charge >= 0.3 is 0 Å². The van der Waals surface area contributed by atoms with Crippen LogP contribution in [0.15, 0.2) is 24.3 Å². The first kappa shape index (κ1) is 17.8. The number of rotatable bonds is 4. The zero-order chi connectivity index (χ0) is 14.9. The van der Waals surface area contributed by atoms with E-state index in [0.29, 0.717) is 18.7 Å². The van der Waals surface area contributed by atoms with Crippen LogP contribution in [0.5, 0.6) is 0 Å². The van der Waals surface area contributed by atoms with Gasteiger partial charge in [0.05, 0.1) is 10.7 Å². The number of nitrogens with zero attached hydrogens (tertiary/aromatic N) is 2. The molecule has 7 nitrogen and oxygen atoms in total. The van der Waals surface area contributed by atoms with Crippen molar-refractivity contribution in [1.29, 1.82) is 0 Å². The number of nitro benzene ring substituents is 1. The maximum Gasteiger partial charge on any atom is 0.269 e. The molecule has 1 fully saturated rings. The standard InChI is InChI=1S/C12H17N3O4S.ClH/c1-9-6-14(7-12(9)13)20(18,19)8-10-2-4-11(5-3-10)15(16)17;/h2-5,9,12H,6-8,13H2,1H3;1H. The maximum absolute atomic E-state index is 12.2. The predicted octanol–water partition coefficient (Wildman–Crippen LogP) is 1.13. The van der Waals surface area contributed by atoms with Crippen LogP contribution in [0.3, 0.4) is 0 Å². The molecular formula is C12H18ClN3O4S. The van der Waals surface area contributed by atoms with Gasteiger partial charge < -0.3 is 5.73 Å². The number of sulfonamides is 1. The van der Waals surface area contributed by atoms with Crippen LogP contribution in [0.1, 0.15) is 12.5 Å². The molecule has 0 amide bonds. The van der Waals surface area contributed by atoms with Gasteiger partial charge in [-0.15, -0.1) is 12.4 Å². The maximum atomic E-state index is 12.2. The van der Waals surface area contributed by atoms with Gasteiger partial charge in [0.25, 0.3) is 5.69 Å². The summed E-state index contributed by atoms with van der Waals surface area (Å²) in [5, 5.41) is 10.5. The lowest BCUT2D eigenvalue weighted by atomic mass is 10.1. The second-order valence-corrected chi connectivity index (χ2v) is 7.11. The van der Waals surface area contributed by atoms with Crippen molar-refractivity contribution >= 4 is 28.1 Å². The van der Waals surface area contributed by atoms with E-state index in [1.807, 2.05) is 6.92 Å². The van der Waals surface area contributed by atoms with Crippen molar-refractivity contribution in [2.75, 3.05) is 13.1 Å². The number of non-ortho nitro benzene ring substituents is 1. The molecular weight excluding hydrogens is 318 g/mol. The average molecular weight is 336 g/mol. The van der Waals surface area contributed by atoms with Gasteiger partial charge in [0.1, 0.15) is 0 Å². The third-order valence-electron chi connectivity index (χ3n) is 3.53. The first-order valence-corrected chi connectivity index (χ1v) is 7.87. The first-order chi connectivity index (χ1) is 9.29. The van der Waals surface area contributed by atoms with Crippen LogP contribution in [0.25, 0.3) is 0 Å². The van der Waals surface area contributed by atoms with Crippen LogP contribution in [-0.4, -0.2) is 36.8 Å². The number of nitro groups is 1. The molecule has 1 aliphatic heterocycles. The Morgan fingerprint density at radius 2 is 1.90 bits per heavy atom. The number of hydrogen-bond acceptors (Lipinski definition) is 5. The van der Waals surface area contributed by atoms with E-state index in [1.165, 1.54) is 28.6 Å². The molecule has 21 heavy (non-hydrogen) atoms. The molecule has 0 spiro atoms. The zero-order valence-electron chi connectivity index (χ0n) is 11.5. The van der Waals surface area contributed by atoms with Gasteiger partial charge in [-0.2, -0.15) is 4.31 Å². The Morgan fingerprint density at radius 3 is 2.33 bits per heavy atom. The number of nitrogens with two attached hydrogens (primary N) is 1. The molecule has 0 bridgehead atoms. The molecule has 1 aliphatic rings. The predicted molar refractivity (Wildman–Crippen MR) is 81.7 cm³/mol. The molecule has 2 atom stereocenters. The van der Waals surface area contributed by atoms with Gasteiger partial charge in [0.15, 0.2) is 0 Å². The Balaban J connectivity index is 0.00000220. The minimum atomic E-state index is -3.43. The average Bonchev–Trinajstić information content (AvgIpc) is 2.71. The quantitative estimate of drug-likeness (QED) is 0.655. The van der Waals surface area contributed by atoms with E-state index >= 15 is 0 Å². The van der Waals surface area contributed by atoms with E-state index < -0.39 is 14.9 Å². The van der Waals surface area contributed by atoms with Gasteiger partial charge in [-0.1, -0.05) is 19.1 Å². The van der Waals surface area contributed by atoms with Crippen molar-refractivity contribution in [1.82, 2.24) is 4.31 Å². The summed E-state index contributed by atoms with van der Waals surface area (Å²) in [6.45, 7) is 2.68. The highest BCUT2D eigenvalue weighted by Gasteiger charge is 2.34. The lowest BCUT2D eigenvalue weighted by Crippen LogP contribution is -2.33. The van der Waals surface area contributed by atoms with Crippen molar-refractivity contribution < 1.29 is 13.3 Å². The normalized spacial score (nSPS) is 22.8. The van der Waals surface area contributed by atoms with Crippen molar-refractivity contribution in [2.45, 2.75) is 18.7 Å². The van der Waals surface area contributed by atoms with Gasteiger partial charge in [-0.3, -0.25) is 10.1 Å². The summed E-state index contributed by atoms with van der Waals surface area (Å²) < 4.78 is 25.9. The fraction of sp³-hybridized carbons (Fsp3) is 0.500. The van der Waals surface area contributed by atoms with Gasteiger partial charge in [0.2, 0.25) is 10.0 Å². The molecule has 2 unspecified atom stereocenters. The summed E-state index contributed by atoms with van der Waals surface area (Å²) in [5.74, 6) is -0.0219. The lowest BCUT2D eigenvalue weighted by molar-refractivity contribution is -0.384. The molecule has 118 valence electrons. The van der Waals surface area contributed by atoms with Crippen molar-refractivity contribution in [2.24, 2.45) is 11.7 Å². The summed E-state index contributed by atoms with van der Waals surface area (Å²) >= 11 is 0. The van der Waals surface area contributed by atoms with Crippen LogP contribution >= 0.6 is 12.4 Å². The van der Waals surface area contributed by atoms with Gasteiger partial charge in [-0.05, 0) is 11.5 Å². The van der Waals surface area contributed by atoms with E-state index in [9.17, 15) is 18.5 Å². The Bertz CT molecular complexity index is 595. The summed E-state index contributed by atoms with van der Waals surface area (Å²) in [6, 6.07) is 5.41. The van der Waals surface area contributed by atoms with Gasteiger partial charge in [0, 0.05) is 31.3 Å². The van der Waals surface area contributed by atoms with E-state index in [4.69, 9.17) is 5.73 Å². The van der Waals surface area contributed by atoms with Crippen LogP contribution < -0.4 is 5.73 Å². The Labute approximate surface area is 129 Å². The summed E-state index contributed by atoms with van der Waals surface area (Å²) in [6.07, 6.45) is 0. The molecule has 0 aromatic heterocycles. The second kappa shape index (κ2) is 6.69. The van der Waals surface area contributed by atoms with Crippen LogP contribution in [-0.2, 0) is 15.8 Å². The highest BCUT2D eigenvalue weighted by Crippen LogP contribution is 2.21. The smallest absolute Gasteiger partial charge is 0.269 e. The van der Waals surface area contributed by atoms with Crippen molar-refractivity contribution in [3.8, 4) is 0 Å². The molecule has 1 aromatic rings. The van der Waals surface area contributed by atoms with Crippen LogP contribution in [0.2, 0.25) is 0 Å². The third-order valence-corrected chi connectivity index (χ3v) is 5.31. The molecule has 1 saturated heterocycles. The summed E-state index contributed by atoms with van der Waals surface area (Å²) in [4.78, 5) is 10.0. The van der Waals surface area contributed by atoms with E-state index in [0.717, 1.165) is 0 Å². The Morgan fingerprint density at radius 1 is 1.33 bits per heavy atom. The zero-order valence-corrected chi connectivity index (χ0v) is 13.1. The molecule has 9 heteroatoms. The summed E-state index contributed by atoms with van der Waals surface area (Å²) in [7, 11) is -3.43. The number of benzene rings is 1. The summed E-state index contributed by atoms with van der Waals surface area (Å²) in [5.41, 5.74) is 6.31. The topological polar surface area (TPSA) is 107 Å². The largest absolute Gasteiger partial charge is 0.326 e. The fourth-order valence-electron chi connectivity index (χ4n) is 2.19. The molecule has 2 rings (SSSR count). The van der Waals surface area contributed by atoms with Crippen LogP contribution in [0.4, 0.5) is 5.69 Å². The van der Waals surface area contributed by atoms with Gasteiger partial charge in [-0.25, -0.2) is 8.42 Å². The van der Waals surface area contributed by atoms with Crippen molar-refractivity contribution in [3.63, 3.8) is 0 Å². The molecule has 1 heterocycles. The fourth-order valence-corrected chi connectivity index (χ4v) is 3.85. The number of halogens is 1. The highest BCUT2D eigenvalue weighted by molar-refractivity contribution is 7.88. The third kappa shape index (κ3) is 4.13. The minimum Gasteiger partial charge on any atom is -0.326 e. The van der Waals surface area contributed by atoms with E-state index in [1.54, 1.807) is 0 Å². The SMILES string of the molecule is CC1CN(S(=O)(=O)Cc2ccc([N+](=O)[O-])cc2)CC1N.Cl. The second-order valence-electron chi connectivity index (χ2n) is 5.14. The minimum absolute atomic E-state index is 0. The first-order valence-electron chi connectivity index (χ1n) is 6.26. The molecule has 0 aliphatic carbocycles. The number of hydrogen-bond donors (Lipinski definition) is 1. The van der Waals surface area contributed by atoms with Crippen molar-refractivity contribution in [3.05, 3.63) is 39.9 Å². The van der Waals surface area contributed by atoms with E-state index in [2.05, 4.69) is 0 Å². The highest BCUT2D eigenvalue weighted by atomic mass is 35.5. The Kier molecular flexibility index (Phi) is 5.68. The lowest BCUT2D eigenvalue weighted by Gasteiger charge is -2.15.